The number of aliphatic hydroxyl groups is 1. The normalized spacial score (nSPS) is 23.5. The first-order valence-electron chi connectivity index (χ1n) is 5.92. The molecule has 1 aromatic carbocycles. The smallest absolute Gasteiger partial charge is 0.0679 e. The summed E-state index contributed by atoms with van der Waals surface area (Å²) in [4.78, 5) is 2.32. The van der Waals surface area contributed by atoms with E-state index < -0.39 is 0 Å². The molecule has 0 amide bonds. The van der Waals surface area contributed by atoms with E-state index in [1.165, 1.54) is 5.56 Å². The molecule has 0 aromatic heterocycles. The van der Waals surface area contributed by atoms with E-state index in [0.717, 1.165) is 26.1 Å². The zero-order chi connectivity index (χ0) is 11.4. The minimum absolute atomic E-state index is 0.131. The summed E-state index contributed by atoms with van der Waals surface area (Å²) < 4.78 is 0. The summed E-state index contributed by atoms with van der Waals surface area (Å²) in [5.41, 5.74) is 1.31. The molecule has 1 aliphatic rings. The fourth-order valence-electron chi connectivity index (χ4n) is 2.28. The largest absolute Gasteiger partial charge is 0.392 e. The molecule has 2 atom stereocenters. The Morgan fingerprint density at radius 3 is 2.75 bits per heavy atom. The van der Waals surface area contributed by atoms with Crippen LogP contribution in [0.25, 0.3) is 0 Å². The molecule has 88 valence electrons. The van der Waals surface area contributed by atoms with Gasteiger partial charge in [-0.1, -0.05) is 30.3 Å². The molecular weight excluding hydrogens is 200 g/mol. The molecule has 16 heavy (non-hydrogen) atoms. The second-order valence-electron chi connectivity index (χ2n) is 4.45. The second kappa shape index (κ2) is 5.43. The number of rotatable bonds is 4. The molecule has 2 N–H and O–H groups in total. The Labute approximate surface area is 97.1 Å². The Balaban J connectivity index is 1.96. The van der Waals surface area contributed by atoms with Crippen LogP contribution in [0.1, 0.15) is 18.0 Å². The first-order chi connectivity index (χ1) is 7.79. The van der Waals surface area contributed by atoms with Crippen molar-refractivity contribution in [3.63, 3.8) is 0 Å². The Morgan fingerprint density at radius 1 is 1.44 bits per heavy atom. The zero-order valence-electron chi connectivity index (χ0n) is 9.76. The van der Waals surface area contributed by atoms with Crippen molar-refractivity contribution < 1.29 is 5.11 Å². The topological polar surface area (TPSA) is 35.5 Å². The van der Waals surface area contributed by atoms with Crippen LogP contribution in [0.4, 0.5) is 0 Å². The molecule has 3 nitrogen and oxygen atoms in total. The summed E-state index contributed by atoms with van der Waals surface area (Å²) >= 11 is 0. The van der Waals surface area contributed by atoms with Crippen molar-refractivity contribution in [2.24, 2.45) is 0 Å². The Hall–Kier alpha value is -0.900. The third-order valence-electron chi connectivity index (χ3n) is 3.24. The predicted octanol–water partition coefficient (Wildman–Crippen LogP) is 1.01. The highest BCUT2D eigenvalue weighted by atomic mass is 16.3. The number of nitrogens with zero attached hydrogens (tertiary/aromatic N) is 1. The van der Waals surface area contributed by atoms with Gasteiger partial charge in [-0.25, -0.2) is 0 Å². The summed E-state index contributed by atoms with van der Waals surface area (Å²) in [7, 11) is 1.99. The molecule has 1 heterocycles. The lowest BCUT2D eigenvalue weighted by Gasteiger charge is -2.23. The van der Waals surface area contributed by atoms with Crippen molar-refractivity contribution >= 4 is 0 Å². The van der Waals surface area contributed by atoms with Crippen molar-refractivity contribution in [3.05, 3.63) is 35.9 Å². The number of likely N-dealkylation sites (N-methyl/N-ethyl adjacent to an activating group) is 1. The molecule has 0 spiro atoms. The summed E-state index contributed by atoms with van der Waals surface area (Å²) in [6.45, 7) is 2.79. The maximum atomic E-state index is 9.49. The van der Waals surface area contributed by atoms with Gasteiger partial charge in [0, 0.05) is 25.7 Å². The Kier molecular flexibility index (Phi) is 3.93. The number of aliphatic hydroxyl groups excluding tert-OH is 1. The molecule has 0 bridgehead atoms. The predicted molar refractivity (Wildman–Crippen MR) is 65.3 cm³/mol. The molecule has 0 aliphatic carbocycles. The summed E-state index contributed by atoms with van der Waals surface area (Å²) in [6, 6.07) is 10.8. The molecule has 2 unspecified atom stereocenters. The van der Waals surface area contributed by atoms with Crippen LogP contribution in [0.2, 0.25) is 0 Å². The third-order valence-corrected chi connectivity index (χ3v) is 3.24. The monoisotopic (exact) mass is 220 g/mol. The lowest BCUT2D eigenvalue weighted by molar-refractivity contribution is 0.173. The molecule has 0 saturated carbocycles. The quantitative estimate of drug-likeness (QED) is 0.795. The van der Waals surface area contributed by atoms with Crippen molar-refractivity contribution in [3.8, 4) is 0 Å². The Morgan fingerprint density at radius 2 is 2.19 bits per heavy atom. The number of likely N-dealkylation sites (tertiary alicyclic amines) is 1. The average molecular weight is 220 g/mol. The van der Waals surface area contributed by atoms with Crippen LogP contribution < -0.4 is 5.32 Å². The molecule has 3 heteroatoms. The van der Waals surface area contributed by atoms with Gasteiger partial charge < -0.3 is 10.4 Å². The van der Waals surface area contributed by atoms with Gasteiger partial charge in [0.2, 0.25) is 0 Å². The maximum absolute atomic E-state index is 9.49. The minimum Gasteiger partial charge on any atom is -0.392 e. The standard InChI is InChI=1S/C13H20N2O/c1-14-13(11-5-3-2-4-6-11)10-15-8-7-12(16)9-15/h2-6,12-14,16H,7-10H2,1H3. The highest BCUT2D eigenvalue weighted by molar-refractivity contribution is 5.19. The van der Waals surface area contributed by atoms with E-state index in [2.05, 4.69) is 34.5 Å². The highest BCUT2D eigenvalue weighted by Gasteiger charge is 2.22. The van der Waals surface area contributed by atoms with E-state index in [1.807, 2.05) is 13.1 Å². The van der Waals surface area contributed by atoms with Crippen LogP contribution in [0.3, 0.4) is 0 Å². The first kappa shape index (κ1) is 11.6. The van der Waals surface area contributed by atoms with E-state index in [1.54, 1.807) is 0 Å². The van der Waals surface area contributed by atoms with Gasteiger partial charge in [0.05, 0.1) is 6.10 Å². The van der Waals surface area contributed by atoms with Crippen molar-refractivity contribution in [2.45, 2.75) is 18.6 Å². The Bertz CT molecular complexity index is 315. The summed E-state index contributed by atoms with van der Waals surface area (Å²) in [5, 5.41) is 12.8. The molecule has 1 fully saturated rings. The van der Waals surface area contributed by atoms with E-state index in [-0.39, 0.29) is 6.10 Å². The van der Waals surface area contributed by atoms with Gasteiger partial charge in [-0.3, -0.25) is 4.90 Å². The SMILES string of the molecule is CNC(CN1CCC(O)C1)c1ccccc1. The van der Waals surface area contributed by atoms with Gasteiger partial charge in [0.1, 0.15) is 0 Å². The maximum Gasteiger partial charge on any atom is 0.0679 e. The number of hydrogen-bond acceptors (Lipinski definition) is 3. The van der Waals surface area contributed by atoms with Gasteiger partial charge >= 0.3 is 0 Å². The summed E-state index contributed by atoms with van der Waals surface area (Å²) in [6.07, 6.45) is 0.777. The molecule has 1 saturated heterocycles. The number of benzene rings is 1. The van der Waals surface area contributed by atoms with Gasteiger partial charge in [-0.05, 0) is 19.0 Å². The van der Waals surface area contributed by atoms with Crippen LogP contribution in [0, 0.1) is 0 Å². The van der Waals surface area contributed by atoms with Crippen LogP contribution in [-0.2, 0) is 0 Å². The molecule has 1 aliphatic heterocycles. The highest BCUT2D eigenvalue weighted by Crippen LogP contribution is 2.17. The van der Waals surface area contributed by atoms with E-state index >= 15 is 0 Å². The lowest BCUT2D eigenvalue weighted by atomic mass is 10.1. The van der Waals surface area contributed by atoms with Crippen LogP contribution in [0.15, 0.2) is 30.3 Å². The van der Waals surface area contributed by atoms with Crippen molar-refractivity contribution in [1.82, 2.24) is 10.2 Å². The third kappa shape index (κ3) is 2.82. The minimum atomic E-state index is -0.131. The van der Waals surface area contributed by atoms with E-state index in [0.29, 0.717) is 6.04 Å². The van der Waals surface area contributed by atoms with Gasteiger partial charge in [-0.15, -0.1) is 0 Å². The van der Waals surface area contributed by atoms with Crippen LogP contribution in [-0.4, -0.2) is 42.8 Å². The molecule has 0 radical (unpaired) electrons. The van der Waals surface area contributed by atoms with Gasteiger partial charge in [-0.2, -0.15) is 0 Å². The number of nitrogens with one attached hydrogen (secondary N) is 1. The van der Waals surface area contributed by atoms with E-state index in [9.17, 15) is 5.11 Å². The van der Waals surface area contributed by atoms with Crippen LogP contribution >= 0.6 is 0 Å². The van der Waals surface area contributed by atoms with E-state index in [4.69, 9.17) is 0 Å². The van der Waals surface area contributed by atoms with Gasteiger partial charge in [0.25, 0.3) is 0 Å². The number of hydrogen-bond donors (Lipinski definition) is 2. The molecular formula is C13H20N2O. The summed E-state index contributed by atoms with van der Waals surface area (Å²) in [5.74, 6) is 0. The fraction of sp³-hybridized carbons (Fsp3) is 0.538. The average Bonchev–Trinajstić information content (AvgIpc) is 2.73. The molecule has 1 aromatic rings. The van der Waals surface area contributed by atoms with Crippen molar-refractivity contribution in [2.75, 3.05) is 26.7 Å². The fourth-order valence-corrected chi connectivity index (χ4v) is 2.28. The number of β-amino-alcohol motifs (C(OH)–C–C–N with tert-alkyl or cyclic N) is 1. The van der Waals surface area contributed by atoms with Gasteiger partial charge in [0.15, 0.2) is 0 Å². The lowest BCUT2D eigenvalue weighted by Crippen LogP contribution is -2.32. The van der Waals surface area contributed by atoms with Crippen LogP contribution in [0.5, 0.6) is 0 Å². The second-order valence-corrected chi connectivity index (χ2v) is 4.45. The molecule has 2 rings (SSSR count). The zero-order valence-corrected chi connectivity index (χ0v) is 9.76. The van der Waals surface area contributed by atoms with Crippen molar-refractivity contribution in [1.29, 1.82) is 0 Å². The first-order valence-corrected chi connectivity index (χ1v) is 5.92.